The number of benzene rings is 2. The van der Waals surface area contributed by atoms with E-state index >= 15 is 0 Å². The number of nitrogens with zero attached hydrogens (tertiary/aromatic N) is 2. The van der Waals surface area contributed by atoms with E-state index in [0.717, 1.165) is 39.3 Å². The van der Waals surface area contributed by atoms with Crippen molar-refractivity contribution in [3.8, 4) is 5.69 Å². The highest BCUT2D eigenvalue weighted by molar-refractivity contribution is 5.85. The molecule has 1 amide bonds. The number of hydrazone groups is 1. The van der Waals surface area contributed by atoms with Crippen molar-refractivity contribution in [2.75, 3.05) is 0 Å². The second-order valence-corrected chi connectivity index (χ2v) is 7.80. The first-order valence-electron chi connectivity index (χ1n) is 10.1. The van der Waals surface area contributed by atoms with E-state index < -0.39 is 5.97 Å². The molecule has 1 aromatic heterocycles. The van der Waals surface area contributed by atoms with E-state index in [2.05, 4.69) is 21.2 Å². The Kier molecular flexibility index (Phi) is 6.70. The minimum absolute atomic E-state index is 0.00361. The summed E-state index contributed by atoms with van der Waals surface area (Å²) < 4.78 is 2.07. The number of nitrogens with one attached hydrogen (secondary N) is 1. The Morgan fingerprint density at radius 3 is 2.35 bits per heavy atom. The molecule has 3 rings (SSSR count). The molecule has 0 aliphatic heterocycles. The van der Waals surface area contributed by atoms with Crippen LogP contribution in [0.15, 0.2) is 53.6 Å². The van der Waals surface area contributed by atoms with Gasteiger partial charge < -0.3 is 9.67 Å². The lowest BCUT2D eigenvalue weighted by Crippen LogP contribution is -2.20. The van der Waals surface area contributed by atoms with Crippen molar-refractivity contribution in [3.63, 3.8) is 0 Å². The van der Waals surface area contributed by atoms with Gasteiger partial charge in [0.05, 0.1) is 19.1 Å². The maximum atomic E-state index is 12.3. The lowest BCUT2D eigenvalue weighted by atomic mass is 10.0. The third-order valence-corrected chi connectivity index (χ3v) is 5.26. The number of amides is 1. The van der Waals surface area contributed by atoms with Crippen LogP contribution in [0.25, 0.3) is 5.69 Å². The van der Waals surface area contributed by atoms with Crippen molar-refractivity contribution in [2.24, 2.45) is 5.10 Å². The van der Waals surface area contributed by atoms with Crippen LogP contribution in [0.5, 0.6) is 0 Å². The fraction of sp³-hybridized carbons (Fsp3) is 0.240. The Labute approximate surface area is 182 Å². The van der Waals surface area contributed by atoms with E-state index in [1.807, 2.05) is 70.2 Å². The third kappa shape index (κ3) is 5.48. The van der Waals surface area contributed by atoms with Gasteiger partial charge >= 0.3 is 5.97 Å². The van der Waals surface area contributed by atoms with Crippen molar-refractivity contribution in [2.45, 2.75) is 40.5 Å². The zero-order valence-corrected chi connectivity index (χ0v) is 18.3. The Hall–Kier alpha value is -3.67. The van der Waals surface area contributed by atoms with E-state index in [9.17, 15) is 9.59 Å². The molecule has 0 saturated heterocycles. The lowest BCUT2D eigenvalue weighted by molar-refractivity contribution is -0.136. The van der Waals surface area contributed by atoms with Gasteiger partial charge in [-0.05, 0) is 62.6 Å². The summed E-state index contributed by atoms with van der Waals surface area (Å²) in [4.78, 5) is 23.1. The maximum Gasteiger partial charge on any atom is 0.307 e. The average molecular weight is 418 g/mol. The standard InChI is InChI=1S/C25H27N3O3/c1-16-5-8-21(17(2)11-16)14-24(29)27-26-15-22-12-18(3)28(19(22)4)23-9-6-20(7-10-23)13-25(30)31/h5-12,15H,13-14H2,1-4H3,(H,27,29)(H,30,31)/b26-15-. The SMILES string of the molecule is Cc1ccc(CC(=O)N/N=C\c2cc(C)n(-c3ccc(CC(=O)O)cc3)c2C)c(C)c1. The average Bonchev–Trinajstić information content (AvgIpc) is 2.98. The number of hydrogen-bond donors (Lipinski definition) is 2. The molecule has 0 atom stereocenters. The molecule has 2 aromatic carbocycles. The van der Waals surface area contributed by atoms with E-state index in [4.69, 9.17) is 5.11 Å². The highest BCUT2D eigenvalue weighted by atomic mass is 16.4. The Morgan fingerprint density at radius 1 is 1.00 bits per heavy atom. The van der Waals surface area contributed by atoms with Crippen LogP contribution >= 0.6 is 0 Å². The third-order valence-electron chi connectivity index (χ3n) is 5.26. The largest absolute Gasteiger partial charge is 0.481 e. The van der Waals surface area contributed by atoms with Crippen molar-refractivity contribution in [1.29, 1.82) is 0 Å². The summed E-state index contributed by atoms with van der Waals surface area (Å²) in [7, 11) is 0. The molecule has 1 heterocycles. The van der Waals surface area contributed by atoms with Crippen LogP contribution in [0, 0.1) is 27.7 Å². The lowest BCUT2D eigenvalue weighted by Gasteiger charge is -2.10. The summed E-state index contributed by atoms with van der Waals surface area (Å²) in [5.74, 6) is -1.01. The Bertz CT molecular complexity index is 1140. The number of carbonyl (C=O) groups is 2. The Morgan fingerprint density at radius 2 is 1.71 bits per heavy atom. The van der Waals surface area contributed by atoms with Gasteiger partial charge in [-0.15, -0.1) is 0 Å². The predicted octanol–water partition coefficient (Wildman–Crippen LogP) is 4.03. The maximum absolute atomic E-state index is 12.3. The summed E-state index contributed by atoms with van der Waals surface area (Å²) in [6, 6.07) is 15.5. The molecule has 3 aromatic rings. The summed E-state index contributed by atoms with van der Waals surface area (Å²) >= 11 is 0. The molecular formula is C25H27N3O3. The first kappa shape index (κ1) is 22.0. The molecular weight excluding hydrogens is 390 g/mol. The number of carboxylic acid groups (broad SMARTS) is 1. The first-order valence-corrected chi connectivity index (χ1v) is 10.1. The monoisotopic (exact) mass is 417 g/mol. The molecule has 0 bridgehead atoms. The van der Waals surface area contributed by atoms with Gasteiger partial charge in [0.2, 0.25) is 5.91 Å². The molecule has 0 fully saturated rings. The van der Waals surface area contributed by atoms with Gasteiger partial charge in [0.15, 0.2) is 0 Å². The molecule has 0 saturated carbocycles. The molecule has 0 radical (unpaired) electrons. The van der Waals surface area contributed by atoms with Gasteiger partial charge in [-0.1, -0.05) is 35.9 Å². The number of hydrogen-bond acceptors (Lipinski definition) is 3. The second kappa shape index (κ2) is 9.43. The molecule has 31 heavy (non-hydrogen) atoms. The predicted molar refractivity (Wildman–Crippen MR) is 122 cm³/mol. The van der Waals surface area contributed by atoms with Crippen molar-refractivity contribution >= 4 is 18.1 Å². The van der Waals surface area contributed by atoms with E-state index in [-0.39, 0.29) is 18.7 Å². The summed E-state index contributed by atoms with van der Waals surface area (Å²) in [6.45, 7) is 8.01. The molecule has 6 heteroatoms. The fourth-order valence-electron chi connectivity index (χ4n) is 3.68. The Balaban J connectivity index is 1.69. The van der Waals surface area contributed by atoms with Gasteiger partial charge in [0.25, 0.3) is 0 Å². The molecule has 0 aliphatic rings. The molecule has 0 aliphatic carbocycles. The van der Waals surface area contributed by atoms with Crippen molar-refractivity contribution in [3.05, 3.63) is 87.7 Å². The number of aryl methyl sites for hydroxylation is 3. The van der Waals surface area contributed by atoms with Crippen molar-refractivity contribution < 1.29 is 14.7 Å². The van der Waals surface area contributed by atoms with Crippen LogP contribution < -0.4 is 5.43 Å². The normalized spacial score (nSPS) is 11.1. The number of rotatable bonds is 7. The minimum atomic E-state index is -0.848. The summed E-state index contributed by atoms with van der Waals surface area (Å²) in [6.07, 6.45) is 1.94. The van der Waals surface area contributed by atoms with Crippen LogP contribution in [0.1, 0.15) is 39.2 Å². The molecule has 0 unspecified atom stereocenters. The van der Waals surface area contributed by atoms with Gasteiger partial charge in [-0.3, -0.25) is 9.59 Å². The number of carboxylic acids is 1. The fourth-order valence-corrected chi connectivity index (χ4v) is 3.68. The van der Waals surface area contributed by atoms with Crippen molar-refractivity contribution in [1.82, 2.24) is 9.99 Å². The highest BCUT2D eigenvalue weighted by Gasteiger charge is 2.10. The topological polar surface area (TPSA) is 83.7 Å². The van der Waals surface area contributed by atoms with Crippen LogP contribution in [-0.4, -0.2) is 27.8 Å². The van der Waals surface area contributed by atoms with Crippen LogP contribution in [-0.2, 0) is 22.4 Å². The second-order valence-electron chi connectivity index (χ2n) is 7.80. The molecule has 2 N–H and O–H groups in total. The van der Waals surface area contributed by atoms with Gasteiger partial charge in [0.1, 0.15) is 0 Å². The summed E-state index contributed by atoms with van der Waals surface area (Å²) in [5, 5.41) is 13.1. The highest BCUT2D eigenvalue weighted by Crippen LogP contribution is 2.20. The zero-order chi connectivity index (χ0) is 22.5. The van der Waals surface area contributed by atoms with Gasteiger partial charge in [-0.2, -0.15) is 5.10 Å². The molecule has 0 spiro atoms. The number of carbonyl (C=O) groups excluding carboxylic acids is 1. The van der Waals surface area contributed by atoms with E-state index in [0.29, 0.717) is 0 Å². The smallest absolute Gasteiger partial charge is 0.307 e. The molecule has 6 nitrogen and oxygen atoms in total. The van der Waals surface area contributed by atoms with E-state index in [1.54, 1.807) is 6.21 Å². The van der Waals surface area contributed by atoms with Crippen LogP contribution in [0.3, 0.4) is 0 Å². The summed E-state index contributed by atoms with van der Waals surface area (Å²) in [5.41, 5.74) is 10.5. The first-order chi connectivity index (χ1) is 14.7. The minimum Gasteiger partial charge on any atom is -0.481 e. The number of aliphatic carboxylic acids is 1. The quantitative estimate of drug-likeness (QED) is 0.450. The van der Waals surface area contributed by atoms with Crippen LogP contribution in [0.2, 0.25) is 0 Å². The van der Waals surface area contributed by atoms with Gasteiger partial charge in [-0.25, -0.2) is 5.43 Å². The molecule has 160 valence electrons. The zero-order valence-electron chi connectivity index (χ0n) is 18.3. The van der Waals surface area contributed by atoms with Crippen LogP contribution in [0.4, 0.5) is 0 Å². The van der Waals surface area contributed by atoms with Gasteiger partial charge in [0, 0.05) is 22.6 Å². The number of aromatic nitrogens is 1. The van der Waals surface area contributed by atoms with E-state index in [1.165, 1.54) is 5.56 Å².